The molecule has 172 valence electrons. The molecule has 0 bridgehead atoms. The van der Waals surface area contributed by atoms with E-state index in [1.165, 1.54) is 12.1 Å². The van der Waals surface area contributed by atoms with Crippen molar-refractivity contribution in [2.75, 3.05) is 15.5 Å². The fourth-order valence-corrected chi connectivity index (χ4v) is 4.48. The Hall–Kier alpha value is -3.70. The molecule has 9 nitrogen and oxygen atoms in total. The van der Waals surface area contributed by atoms with Crippen molar-refractivity contribution in [1.82, 2.24) is 5.43 Å². The Balaban J connectivity index is 1.85. The zero-order chi connectivity index (χ0) is 24.2. The van der Waals surface area contributed by atoms with E-state index in [-0.39, 0.29) is 21.4 Å². The molecule has 0 aliphatic rings. The molecule has 0 amide bonds. The summed E-state index contributed by atoms with van der Waals surface area (Å²) in [5.74, 6) is 0. The number of nitro groups is 1. The lowest BCUT2D eigenvalue weighted by atomic mass is 10.1. The summed E-state index contributed by atoms with van der Waals surface area (Å²) < 4.78 is 28.8. The lowest BCUT2D eigenvalue weighted by molar-refractivity contribution is -0.385. The van der Waals surface area contributed by atoms with Gasteiger partial charge in [-0.25, -0.2) is 8.42 Å². The first-order valence-electron chi connectivity index (χ1n) is 9.83. The maximum Gasteiger partial charge on any atom is 0.270 e. The number of nitrogens with one attached hydrogen (secondary N) is 4. The van der Waals surface area contributed by atoms with E-state index in [9.17, 15) is 18.5 Å². The van der Waals surface area contributed by atoms with E-state index < -0.39 is 14.9 Å². The molecular formula is C22H23N5O4S2. The summed E-state index contributed by atoms with van der Waals surface area (Å²) in [6.07, 6.45) is 0. The van der Waals surface area contributed by atoms with Crippen LogP contribution >= 0.6 is 12.2 Å². The second-order valence-electron chi connectivity index (χ2n) is 7.43. The highest BCUT2D eigenvalue weighted by Gasteiger charge is 2.23. The third-order valence-corrected chi connectivity index (χ3v) is 6.32. The average Bonchev–Trinajstić information content (AvgIpc) is 2.75. The first-order chi connectivity index (χ1) is 15.5. The smallest absolute Gasteiger partial charge is 0.270 e. The van der Waals surface area contributed by atoms with E-state index in [2.05, 4.69) is 20.9 Å². The van der Waals surface area contributed by atoms with Crippen molar-refractivity contribution in [2.24, 2.45) is 0 Å². The van der Waals surface area contributed by atoms with Crippen LogP contribution in [0.5, 0.6) is 0 Å². The quantitative estimate of drug-likeness (QED) is 0.217. The maximum atomic E-state index is 13.2. The SMILES string of the molecule is Cc1ccc(NC(=S)NNc2ccc([N+](=O)[O-])cc2S(=O)(=O)Nc2ccc(C)cc2C)cc1. The van der Waals surface area contributed by atoms with E-state index in [0.29, 0.717) is 5.69 Å². The monoisotopic (exact) mass is 485 g/mol. The highest BCUT2D eigenvalue weighted by atomic mass is 32.2. The molecule has 0 unspecified atom stereocenters. The Morgan fingerprint density at radius 3 is 2.18 bits per heavy atom. The summed E-state index contributed by atoms with van der Waals surface area (Å²) in [7, 11) is -4.17. The number of hydrogen-bond donors (Lipinski definition) is 4. The van der Waals surface area contributed by atoms with Gasteiger partial charge in [0.15, 0.2) is 5.11 Å². The Morgan fingerprint density at radius 2 is 1.55 bits per heavy atom. The number of nitrogens with zero attached hydrogens (tertiary/aromatic N) is 1. The van der Waals surface area contributed by atoms with Crippen molar-refractivity contribution in [3.05, 3.63) is 87.5 Å². The molecule has 0 aromatic heterocycles. The van der Waals surface area contributed by atoms with Gasteiger partial charge in [0.25, 0.3) is 15.7 Å². The number of rotatable bonds is 7. The highest BCUT2D eigenvalue weighted by molar-refractivity contribution is 7.93. The van der Waals surface area contributed by atoms with Gasteiger partial charge in [-0.2, -0.15) is 0 Å². The van der Waals surface area contributed by atoms with Gasteiger partial charge in [-0.05, 0) is 62.8 Å². The fraction of sp³-hybridized carbons (Fsp3) is 0.136. The van der Waals surface area contributed by atoms with Gasteiger partial charge in [0.1, 0.15) is 4.90 Å². The minimum absolute atomic E-state index is 0.0888. The zero-order valence-corrected chi connectivity index (χ0v) is 19.8. The molecule has 0 spiro atoms. The van der Waals surface area contributed by atoms with Crippen LogP contribution in [0.2, 0.25) is 0 Å². The van der Waals surface area contributed by atoms with Gasteiger partial charge in [-0.1, -0.05) is 35.4 Å². The van der Waals surface area contributed by atoms with Gasteiger partial charge in [0.2, 0.25) is 0 Å². The van der Waals surface area contributed by atoms with Gasteiger partial charge in [-0.3, -0.25) is 25.7 Å². The Bertz CT molecular complexity index is 1310. The van der Waals surface area contributed by atoms with E-state index >= 15 is 0 Å². The van der Waals surface area contributed by atoms with E-state index in [0.717, 1.165) is 28.4 Å². The molecule has 0 heterocycles. The van der Waals surface area contributed by atoms with Crippen LogP contribution in [0.15, 0.2) is 65.6 Å². The molecule has 11 heteroatoms. The molecule has 0 fully saturated rings. The number of benzene rings is 3. The normalized spacial score (nSPS) is 10.9. The van der Waals surface area contributed by atoms with Crippen LogP contribution in [0.4, 0.5) is 22.7 Å². The van der Waals surface area contributed by atoms with Gasteiger partial charge in [0.05, 0.1) is 16.3 Å². The lowest BCUT2D eigenvalue weighted by Crippen LogP contribution is -2.34. The first kappa shape index (κ1) is 24.0. The highest BCUT2D eigenvalue weighted by Crippen LogP contribution is 2.29. The minimum atomic E-state index is -4.17. The third-order valence-electron chi connectivity index (χ3n) is 4.71. The van der Waals surface area contributed by atoms with Crippen molar-refractivity contribution in [3.63, 3.8) is 0 Å². The summed E-state index contributed by atoms with van der Waals surface area (Å²) >= 11 is 5.25. The van der Waals surface area contributed by atoms with Crippen LogP contribution in [0, 0.1) is 30.9 Å². The van der Waals surface area contributed by atoms with E-state index in [1.54, 1.807) is 19.1 Å². The third kappa shape index (κ3) is 6.18. The fourth-order valence-electron chi connectivity index (χ4n) is 3.00. The largest absolute Gasteiger partial charge is 0.331 e. The summed E-state index contributed by atoms with van der Waals surface area (Å²) in [4.78, 5) is 10.3. The number of anilines is 3. The average molecular weight is 486 g/mol. The van der Waals surface area contributed by atoms with Crippen molar-refractivity contribution in [1.29, 1.82) is 0 Å². The summed E-state index contributed by atoms with van der Waals surface area (Å²) in [5, 5.41) is 14.4. The Morgan fingerprint density at radius 1 is 0.909 bits per heavy atom. The topological polar surface area (TPSA) is 125 Å². The number of hydrogen-bond acceptors (Lipinski definition) is 6. The van der Waals surface area contributed by atoms with Crippen LogP contribution in [-0.2, 0) is 10.0 Å². The van der Waals surface area contributed by atoms with Crippen molar-refractivity contribution in [2.45, 2.75) is 25.7 Å². The van der Waals surface area contributed by atoms with Crippen LogP contribution < -0.4 is 20.9 Å². The Kier molecular flexibility index (Phi) is 7.14. The number of nitro benzene ring substituents is 1. The number of sulfonamides is 1. The summed E-state index contributed by atoms with van der Waals surface area (Å²) in [6.45, 7) is 5.63. The molecule has 0 radical (unpaired) electrons. The zero-order valence-electron chi connectivity index (χ0n) is 18.2. The second kappa shape index (κ2) is 9.84. The summed E-state index contributed by atoms with van der Waals surface area (Å²) in [5.41, 5.74) is 9.09. The molecule has 0 saturated heterocycles. The molecule has 33 heavy (non-hydrogen) atoms. The molecule has 3 aromatic carbocycles. The van der Waals surface area contributed by atoms with Gasteiger partial charge < -0.3 is 5.32 Å². The second-order valence-corrected chi connectivity index (χ2v) is 9.49. The molecule has 3 rings (SSSR count). The number of aryl methyl sites for hydroxylation is 3. The van der Waals surface area contributed by atoms with Gasteiger partial charge in [0, 0.05) is 17.8 Å². The number of hydrazine groups is 1. The Labute approximate surface area is 197 Å². The predicted octanol–water partition coefficient (Wildman–Crippen LogP) is 4.63. The minimum Gasteiger partial charge on any atom is -0.331 e. The van der Waals surface area contributed by atoms with E-state index in [1.807, 2.05) is 44.2 Å². The van der Waals surface area contributed by atoms with Crippen LogP contribution in [0.25, 0.3) is 0 Å². The lowest BCUT2D eigenvalue weighted by Gasteiger charge is -2.17. The standard InChI is InChI=1S/C22H23N5O4S2/c1-14-4-7-17(8-5-14)23-22(32)25-24-20-11-9-18(27(28)29)13-21(20)33(30,31)26-19-10-6-15(2)12-16(19)3/h4-13,24,26H,1-3H3,(H2,23,25,32). The molecule has 0 atom stereocenters. The van der Waals surface area contributed by atoms with Gasteiger partial charge >= 0.3 is 0 Å². The van der Waals surface area contributed by atoms with Crippen molar-refractivity contribution in [3.8, 4) is 0 Å². The molecule has 0 saturated carbocycles. The molecule has 0 aliphatic carbocycles. The maximum absolute atomic E-state index is 13.2. The number of non-ortho nitro benzene ring substituents is 1. The molecule has 4 N–H and O–H groups in total. The van der Waals surface area contributed by atoms with Crippen LogP contribution in [0.3, 0.4) is 0 Å². The van der Waals surface area contributed by atoms with Crippen LogP contribution in [0.1, 0.15) is 16.7 Å². The predicted molar refractivity (Wildman–Crippen MR) is 134 cm³/mol. The van der Waals surface area contributed by atoms with Gasteiger partial charge in [-0.15, -0.1) is 0 Å². The van der Waals surface area contributed by atoms with E-state index in [4.69, 9.17) is 12.2 Å². The molecular weight excluding hydrogens is 462 g/mol. The molecule has 3 aromatic rings. The molecule has 0 aliphatic heterocycles. The van der Waals surface area contributed by atoms with Crippen molar-refractivity contribution >= 4 is 50.1 Å². The summed E-state index contributed by atoms with van der Waals surface area (Å²) in [6, 6.07) is 16.3. The van der Waals surface area contributed by atoms with Crippen LogP contribution in [-0.4, -0.2) is 18.5 Å². The number of thiocarbonyl (C=S) groups is 1. The van der Waals surface area contributed by atoms with Crippen molar-refractivity contribution < 1.29 is 13.3 Å². The first-order valence-corrected chi connectivity index (χ1v) is 11.7.